The number of anilines is 3. The van der Waals surface area contributed by atoms with Crippen LogP contribution in [-0.4, -0.2) is 43.1 Å². The third-order valence-corrected chi connectivity index (χ3v) is 4.47. The molecule has 1 aliphatic rings. The van der Waals surface area contributed by atoms with Crippen molar-refractivity contribution in [2.45, 2.75) is 12.8 Å². The zero-order valence-corrected chi connectivity index (χ0v) is 14.9. The Bertz CT molecular complexity index is 911. The first-order valence-corrected chi connectivity index (χ1v) is 8.71. The molecule has 2 aromatic heterocycles. The van der Waals surface area contributed by atoms with Crippen LogP contribution in [0, 0.1) is 0 Å². The van der Waals surface area contributed by atoms with Crippen LogP contribution in [0.3, 0.4) is 0 Å². The number of hydrogen-bond acceptors (Lipinski definition) is 6. The summed E-state index contributed by atoms with van der Waals surface area (Å²) >= 11 is 0. The molecule has 1 fully saturated rings. The normalized spacial score (nSPS) is 14.0. The van der Waals surface area contributed by atoms with Crippen molar-refractivity contribution in [3.63, 3.8) is 0 Å². The maximum atomic E-state index is 12.6. The number of furan rings is 1. The van der Waals surface area contributed by atoms with Crippen molar-refractivity contribution in [1.29, 1.82) is 0 Å². The minimum Gasteiger partial charge on any atom is -0.451 e. The molecule has 1 saturated heterocycles. The van der Waals surface area contributed by atoms with Crippen LogP contribution in [0.4, 0.5) is 17.5 Å². The van der Waals surface area contributed by atoms with Crippen molar-refractivity contribution >= 4 is 34.3 Å². The molecule has 3 heterocycles. The van der Waals surface area contributed by atoms with Gasteiger partial charge in [0.05, 0.1) is 6.20 Å². The van der Waals surface area contributed by atoms with E-state index in [4.69, 9.17) is 4.42 Å². The molecule has 1 aliphatic heterocycles. The highest BCUT2D eigenvalue weighted by molar-refractivity contribution is 6.05. The largest absolute Gasteiger partial charge is 0.451 e. The number of nitrogens with zero attached hydrogens (tertiary/aromatic N) is 4. The molecule has 3 aromatic rings. The minimum absolute atomic E-state index is 0.263. The maximum absolute atomic E-state index is 12.6. The number of para-hydroxylation sites is 1. The lowest BCUT2D eigenvalue weighted by atomic mass is 10.2. The average Bonchev–Trinajstić information content (AvgIpc) is 3.31. The van der Waals surface area contributed by atoms with Crippen LogP contribution >= 0.6 is 0 Å². The lowest BCUT2D eigenvalue weighted by molar-refractivity contribution is 0.0998. The number of nitrogens with one attached hydrogen (secondary N) is 1. The van der Waals surface area contributed by atoms with E-state index in [9.17, 15) is 4.79 Å². The summed E-state index contributed by atoms with van der Waals surface area (Å²) < 4.78 is 5.63. The van der Waals surface area contributed by atoms with Gasteiger partial charge in [0.15, 0.2) is 11.6 Å². The first-order chi connectivity index (χ1) is 12.6. The molecule has 0 aliphatic carbocycles. The summed E-state index contributed by atoms with van der Waals surface area (Å²) in [5.41, 5.74) is 1.24. The number of benzene rings is 1. The van der Waals surface area contributed by atoms with E-state index in [1.807, 2.05) is 43.3 Å². The van der Waals surface area contributed by atoms with E-state index < -0.39 is 0 Å². The molecule has 1 aromatic carbocycles. The Kier molecular flexibility index (Phi) is 4.20. The molecule has 0 radical (unpaired) electrons. The zero-order chi connectivity index (χ0) is 18.1. The minimum atomic E-state index is -0.318. The first-order valence-electron chi connectivity index (χ1n) is 8.71. The molecule has 4 rings (SSSR count). The van der Waals surface area contributed by atoms with Gasteiger partial charge in [-0.1, -0.05) is 18.2 Å². The summed E-state index contributed by atoms with van der Waals surface area (Å²) in [5.74, 6) is 1.32. The van der Waals surface area contributed by atoms with Crippen molar-refractivity contribution in [3.8, 4) is 0 Å². The SMILES string of the molecule is CN(C)c1nc(N2CCCC2)ncc1NC(=O)c1cc2ccccc2o1. The number of amides is 1. The summed E-state index contributed by atoms with van der Waals surface area (Å²) in [6.45, 7) is 1.94. The summed E-state index contributed by atoms with van der Waals surface area (Å²) in [6, 6.07) is 9.27. The second kappa shape index (κ2) is 6.67. The molecule has 7 nitrogen and oxygen atoms in total. The lowest BCUT2D eigenvalue weighted by Gasteiger charge is -2.20. The van der Waals surface area contributed by atoms with Crippen LogP contribution in [0.15, 0.2) is 40.9 Å². The summed E-state index contributed by atoms with van der Waals surface area (Å²) in [6.07, 6.45) is 3.98. The van der Waals surface area contributed by atoms with Gasteiger partial charge in [0.2, 0.25) is 5.95 Å². The summed E-state index contributed by atoms with van der Waals surface area (Å²) in [4.78, 5) is 25.7. The topological polar surface area (TPSA) is 74.5 Å². The zero-order valence-electron chi connectivity index (χ0n) is 14.9. The highest BCUT2D eigenvalue weighted by atomic mass is 16.3. The molecule has 0 bridgehead atoms. The van der Waals surface area contributed by atoms with Gasteiger partial charge in [-0.15, -0.1) is 0 Å². The maximum Gasteiger partial charge on any atom is 0.291 e. The Hall–Kier alpha value is -3.09. The van der Waals surface area contributed by atoms with Gasteiger partial charge in [0.1, 0.15) is 11.3 Å². The van der Waals surface area contributed by atoms with Gasteiger partial charge in [-0.05, 0) is 25.0 Å². The van der Waals surface area contributed by atoms with Gasteiger partial charge in [-0.3, -0.25) is 4.79 Å². The molecule has 0 atom stereocenters. The van der Waals surface area contributed by atoms with Crippen LogP contribution in [0.2, 0.25) is 0 Å². The van der Waals surface area contributed by atoms with E-state index in [-0.39, 0.29) is 11.7 Å². The fourth-order valence-corrected chi connectivity index (χ4v) is 3.14. The number of hydrogen-bond donors (Lipinski definition) is 1. The number of fused-ring (bicyclic) bond motifs is 1. The Morgan fingerprint density at radius 1 is 1.23 bits per heavy atom. The van der Waals surface area contributed by atoms with Crippen LogP contribution in [0.25, 0.3) is 11.0 Å². The smallest absolute Gasteiger partial charge is 0.291 e. The fraction of sp³-hybridized carbons (Fsp3) is 0.316. The van der Waals surface area contributed by atoms with Crippen molar-refractivity contribution in [2.24, 2.45) is 0 Å². The molecular weight excluding hydrogens is 330 g/mol. The van der Waals surface area contributed by atoms with Crippen LogP contribution in [0.5, 0.6) is 0 Å². The fourth-order valence-electron chi connectivity index (χ4n) is 3.14. The number of rotatable bonds is 4. The molecule has 0 saturated carbocycles. The van der Waals surface area contributed by atoms with Crippen LogP contribution in [-0.2, 0) is 0 Å². The van der Waals surface area contributed by atoms with E-state index in [1.54, 1.807) is 12.3 Å². The van der Waals surface area contributed by atoms with Crippen molar-refractivity contribution in [3.05, 3.63) is 42.3 Å². The van der Waals surface area contributed by atoms with Gasteiger partial charge in [-0.2, -0.15) is 4.98 Å². The van der Waals surface area contributed by atoms with Crippen molar-refractivity contribution < 1.29 is 9.21 Å². The highest BCUT2D eigenvalue weighted by Gasteiger charge is 2.20. The summed E-state index contributed by atoms with van der Waals surface area (Å²) in [7, 11) is 3.79. The van der Waals surface area contributed by atoms with Gasteiger partial charge in [0.25, 0.3) is 5.91 Å². The third kappa shape index (κ3) is 3.08. The molecular formula is C19H21N5O2. The molecule has 1 amide bonds. The lowest BCUT2D eigenvalue weighted by Crippen LogP contribution is -2.23. The van der Waals surface area contributed by atoms with Gasteiger partial charge >= 0.3 is 0 Å². The molecule has 0 spiro atoms. The standard InChI is InChI=1S/C19H21N5O2/c1-23(2)17-14(12-20-19(22-17)24-9-5-6-10-24)21-18(25)16-11-13-7-3-4-8-15(13)26-16/h3-4,7-8,11-12H,5-6,9-10H2,1-2H3,(H,21,25). The monoisotopic (exact) mass is 351 g/mol. The molecule has 1 N–H and O–H groups in total. The van der Waals surface area contributed by atoms with E-state index >= 15 is 0 Å². The van der Waals surface area contributed by atoms with Crippen molar-refractivity contribution in [1.82, 2.24) is 9.97 Å². The van der Waals surface area contributed by atoms with E-state index in [1.165, 1.54) is 0 Å². The molecule has 0 unspecified atom stereocenters. The van der Waals surface area contributed by atoms with Crippen LogP contribution in [0.1, 0.15) is 23.4 Å². The van der Waals surface area contributed by atoms with E-state index in [0.29, 0.717) is 23.0 Å². The number of carbonyl (C=O) groups excluding carboxylic acids is 1. The Balaban J connectivity index is 1.60. The van der Waals surface area contributed by atoms with E-state index in [2.05, 4.69) is 20.2 Å². The highest BCUT2D eigenvalue weighted by Crippen LogP contribution is 2.26. The number of carbonyl (C=O) groups is 1. The molecule has 134 valence electrons. The Morgan fingerprint density at radius 3 is 2.73 bits per heavy atom. The summed E-state index contributed by atoms with van der Waals surface area (Å²) in [5, 5.41) is 3.76. The Morgan fingerprint density at radius 2 is 2.00 bits per heavy atom. The quantitative estimate of drug-likeness (QED) is 0.778. The second-order valence-electron chi connectivity index (χ2n) is 6.60. The predicted octanol–water partition coefficient (Wildman–Crippen LogP) is 3.14. The predicted molar refractivity (Wildman–Crippen MR) is 102 cm³/mol. The molecule has 7 heteroatoms. The van der Waals surface area contributed by atoms with E-state index in [0.717, 1.165) is 31.3 Å². The van der Waals surface area contributed by atoms with Gasteiger partial charge in [-0.25, -0.2) is 4.98 Å². The number of aromatic nitrogens is 2. The van der Waals surface area contributed by atoms with Gasteiger partial charge < -0.3 is 19.5 Å². The average molecular weight is 351 g/mol. The van der Waals surface area contributed by atoms with Crippen molar-refractivity contribution in [2.75, 3.05) is 42.3 Å². The third-order valence-electron chi connectivity index (χ3n) is 4.47. The Labute approximate surface area is 151 Å². The second-order valence-corrected chi connectivity index (χ2v) is 6.60. The first kappa shape index (κ1) is 16.4. The van der Waals surface area contributed by atoms with Crippen LogP contribution < -0.4 is 15.1 Å². The van der Waals surface area contributed by atoms with Gasteiger partial charge in [0, 0.05) is 32.6 Å². The molecule has 26 heavy (non-hydrogen) atoms.